The van der Waals surface area contributed by atoms with Crippen LogP contribution in [0.15, 0.2) is 65.6 Å². The monoisotopic (exact) mass is 456 g/mol. The van der Waals surface area contributed by atoms with Crippen molar-refractivity contribution in [3.05, 3.63) is 88.0 Å². The van der Waals surface area contributed by atoms with Crippen molar-refractivity contribution in [3.63, 3.8) is 0 Å². The number of pyridine rings is 1. The molecule has 2 aromatic heterocycles. The van der Waals surface area contributed by atoms with Gasteiger partial charge in [-0.2, -0.15) is 13.2 Å². The van der Waals surface area contributed by atoms with Crippen LogP contribution in [0, 0.1) is 0 Å². The first-order chi connectivity index (χ1) is 15.7. The molecule has 0 saturated heterocycles. The van der Waals surface area contributed by atoms with Crippen LogP contribution in [0.5, 0.6) is 5.75 Å². The van der Waals surface area contributed by atoms with Crippen LogP contribution < -0.4 is 10.3 Å². The molecule has 2 aromatic carbocycles. The summed E-state index contributed by atoms with van der Waals surface area (Å²) in [6.45, 7) is 2.41. The van der Waals surface area contributed by atoms with Crippen LogP contribution in [0.2, 0.25) is 0 Å². The van der Waals surface area contributed by atoms with Gasteiger partial charge >= 0.3 is 12.1 Å². The molecule has 0 atom stereocenters. The number of H-pyrrole nitrogens is 1. The molecule has 0 spiro atoms. The van der Waals surface area contributed by atoms with Crippen molar-refractivity contribution in [1.82, 2.24) is 9.55 Å². The summed E-state index contributed by atoms with van der Waals surface area (Å²) < 4.78 is 47.1. The van der Waals surface area contributed by atoms with Gasteiger partial charge in [-0.15, -0.1) is 0 Å². The van der Waals surface area contributed by atoms with Gasteiger partial charge in [0.15, 0.2) is 0 Å². The van der Waals surface area contributed by atoms with E-state index in [-0.39, 0.29) is 34.3 Å². The molecule has 4 aromatic rings. The van der Waals surface area contributed by atoms with E-state index in [4.69, 9.17) is 4.74 Å². The molecule has 0 aliphatic heterocycles. The van der Waals surface area contributed by atoms with Crippen molar-refractivity contribution in [2.24, 2.45) is 0 Å². The van der Waals surface area contributed by atoms with Gasteiger partial charge in [-0.3, -0.25) is 4.79 Å². The molecule has 2 heterocycles. The number of hydrogen-bond donors (Lipinski definition) is 2. The van der Waals surface area contributed by atoms with Crippen molar-refractivity contribution in [1.29, 1.82) is 0 Å². The lowest BCUT2D eigenvalue weighted by Crippen LogP contribution is -2.13. The van der Waals surface area contributed by atoms with Gasteiger partial charge in [0.25, 0.3) is 5.56 Å². The van der Waals surface area contributed by atoms with Gasteiger partial charge in [-0.05, 0) is 55.0 Å². The molecule has 2 N–H and O–H groups in total. The van der Waals surface area contributed by atoms with Gasteiger partial charge in [0, 0.05) is 34.8 Å². The molecule has 0 unspecified atom stereocenters. The summed E-state index contributed by atoms with van der Waals surface area (Å²) in [5, 5.41) is 10.1. The zero-order chi connectivity index (χ0) is 23.8. The molecular weight excluding hydrogens is 437 g/mol. The summed E-state index contributed by atoms with van der Waals surface area (Å²) in [7, 11) is 0. The Bertz CT molecular complexity index is 1390. The molecule has 9 heteroatoms. The highest BCUT2D eigenvalue weighted by molar-refractivity contribution is 6.08. The van der Waals surface area contributed by atoms with E-state index in [2.05, 4.69) is 4.98 Å². The number of carboxylic acid groups (broad SMARTS) is 1. The van der Waals surface area contributed by atoms with Gasteiger partial charge in [-0.1, -0.05) is 12.1 Å². The summed E-state index contributed by atoms with van der Waals surface area (Å²) in [5.74, 6) is -0.715. The van der Waals surface area contributed by atoms with E-state index in [0.717, 1.165) is 12.1 Å². The molecule has 0 radical (unpaired) electrons. The standard InChI is InChI=1S/C24H19F3N2O4/c1-2-33-16-8-5-14(6-9-16)13-29-19-10-7-15(24(25,26)27)12-18(19)20(21(29)23(31)32)17-4-3-11-28-22(17)30/h3-12H,2,13H2,1H3,(H,28,30)(H,31,32). The van der Waals surface area contributed by atoms with E-state index in [0.29, 0.717) is 17.9 Å². The number of aromatic amines is 1. The van der Waals surface area contributed by atoms with Crippen LogP contribution >= 0.6 is 0 Å². The average molecular weight is 456 g/mol. The zero-order valence-corrected chi connectivity index (χ0v) is 17.4. The lowest BCUT2D eigenvalue weighted by atomic mass is 10.0. The van der Waals surface area contributed by atoms with E-state index >= 15 is 0 Å². The smallest absolute Gasteiger partial charge is 0.416 e. The van der Waals surface area contributed by atoms with Crippen LogP contribution in [-0.4, -0.2) is 27.2 Å². The van der Waals surface area contributed by atoms with Crippen LogP contribution in [0.25, 0.3) is 22.0 Å². The van der Waals surface area contributed by atoms with E-state index in [1.165, 1.54) is 29.0 Å². The Morgan fingerprint density at radius 1 is 1.12 bits per heavy atom. The highest BCUT2D eigenvalue weighted by Gasteiger charge is 2.33. The first-order valence-electron chi connectivity index (χ1n) is 10.1. The fourth-order valence-corrected chi connectivity index (χ4v) is 3.85. The number of rotatable bonds is 6. The van der Waals surface area contributed by atoms with Crippen LogP contribution in [0.3, 0.4) is 0 Å². The Morgan fingerprint density at radius 3 is 2.45 bits per heavy atom. The number of benzene rings is 2. The number of aromatic nitrogens is 2. The van der Waals surface area contributed by atoms with Gasteiger partial charge < -0.3 is 19.4 Å². The second-order valence-corrected chi connectivity index (χ2v) is 7.33. The molecule has 0 saturated carbocycles. The quantitative estimate of drug-likeness (QED) is 0.420. The van der Waals surface area contributed by atoms with E-state index in [9.17, 15) is 27.9 Å². The molecule has 33 heavy (non-hydrogen) atoms. The molecule has 0 aliphatic carbocycles. The Morgan fingerprint density at radius 2 is 1.85 bits per heavy atom. The summed E-state index contributed by atoms with van der Waals surface area (Å²) in [4.78, 5) is 27.3. The molecule has 0 fully saturated rings. The van der Waals surface area contributed by atoms with Crippen LogP contribution in [0.1, 0.15) is 28.5 Å². The van der Waals surface area contributed by atoms with Gasteiger partial charge in [-0.25, -0.2) is 4.79 Å². The molecule has 0 amide bonds. The summed E-state index contributed by atoms with van der Waals surface area (Å²) in [6.07, 6.45) is -3.26. The lowest BCUT2D eigenvalue weighted by Gasteiger charge is -2.11. The molecular formula is C24H19F3N2O4. The number of hydrogen-bond acceptors (Lipinski definition) is 3. The Hall–Kier alpha value is -4.01. The molecule has 0 aliphatic rings. The first kappa shape index (κ1) is 22.2. The summed E-state index contributed by atoms with van der Waals surface area (Å²) >= 11 is 0. The predicted octanol–water partition coefficient (Wildman–Crippen LogP) is 5.16. The molecule has 0 bridgehead atoms. The first-order valence-corrected chi connectivity index (χ1v) is 10.1. The fourth-order valence-electron chi connectivity index (χ4n) is 3.85. The van der Waals surface area contributed by atoms with Crippen molar-refractivity contribution in [3.8, 4) is 16.9 Å². The highest BCUT2D eigenvalue weighted by atomic mass is 19.4. The Balaban J connectivity index is 1.99. The topological polar surface area (TPSA) is 84.3 Å². The Kier molecular flexibility index (Phi) is 5.71. The minimum absolute atomic E-state index is 0.0235. The minimum Gasteiger partial charge on any atom is -0.494 e. The van der Waals surface area contributed by atoms with Gasteiger partial charge in [0.2, 0.25) is 0 Å². The number of carboxylic acids is 1. The number of carbonyl (C=O) groups is 1. The summed E-state index contributed by atoms with van der Waals surface area (Å²) in [6, 6.07) is 12.9. The number of ether oxygens (including phenoxy) is 1. The number of nitrogens with one attached hydrogen (secondary N) is 1. The van der Waals surface area contributed by atoms with Crippen molar-refractivity contribution < 1.29 is 27.8 Å². The summed E-state index contributed by atoms with van der Waals surface area (Å²) in [5.41, 5.74) is -0.897. The third-order valence-electron chi connectivity index (χ3n) is 5.26. The zero-order valence-electron chi connectivity index (χ0n) is 17.4. The second kappa shape index (κ2) is 8.50. The molecule has 170 valence electrons. The number of nitrogens with zero attached hydrogens (tertiary/aromatic N) is 1. The maximum absolute atomic E-state index is 13.4. The third-order valence-corrected chi connectivity index (χ3v) is 5.26. The van der Waals surface area contributed by atoms with Crippen LogP contribution in [-0.2, 0) is 12.7 Å². The lowest BCUT2D eigenvalue weighted by molar-refractivity contribution is -0.137. The van der Waals surface area contributed by atoms with Crippen molar-refractivity contribution >= 4 is 16.9 Å². The normalized spacial score (nSPS) is 11.6. The van der Waals surface area contributed by atoms with Gasteiger partial charge in [0.05, 0.1) is 12.2 Å². The fraction of sp³-hybridized carbons (Fsp3) is 0.167. The Labute approximate surface area is 185 Å². The van der Waals surface area contributed by atoms with Crippen molar-refractivity contribution in [2.75, 3.05) is 6.61 Å². The number of fused-ring (bicyclic) bond motifs is 1. The number of aromatic carboxylic acids is 1. The largest absolute Gasteiger partial charge is 0.494 e. The minimum atomic E-state index is -4.63. The highest BCUT2D eigenvalue weighted by Crippen LogP contribution is 2.38. The van der Waals surface area contributed by atoms with E-state index in [1.54, 1.807) is 24.3 Å². The van der Waals surface area contributed by atoms with Crippen molar-refractivity contribution in [2.45, 2.75) is 19.6 Å². The van der Waals surface area contributed by atoms with E-state index in [1.807, 2.05) is 6.92 Å². The average Bonchev–Trinajstić information content (AvgIpc) is 3.08. The third kappa shape index (κ3) is 4.21. The maximum Gasteiger partial charge on any atom is 0.416 e. The van der Waals surface area contributed by atoms with Crippen LogP contribution in [0.4, 0.5) is 13.2 Å². The number of halogens is 3. The van der Waals surface area contributed by atoms with Gasteiger partial charge in [0.1, 0.15) is 11.4 Å². The molecule has 6 nitrogen and oxygen atoms in total. The second-order valence-electron chi connectivity index (χ2n) is 7.33. The SMILES string of the molecule is CCOc1ccc(Cn2c(C(=O)O)c(-c3ccc[nH]c3=O)c3cc(C(F)(F)F)ccc32)cc1. The molecule has 4 rings (SSSR count). The maximum atomic E-state index is 13.4. The predicted molar refractivity (Wildman–Crippen MR) is 117 cm³/mol. The number of alkyl halides is 3. The van der Waals surface area contributed by atoms with E-state index < -0.39 is 23.3 Å².